The summed E-state index contributed by atoms with van der Waals surface area (Å²) in [5, 5.41) is 9.42. The highest BCUT2D eigenvalue weighted by Crippen LogP contribution is 2.38. The van der Waals surface area contributed by atoms with Crippen LogP contribution in [0, 0.1) is 5.41 Å². The van der Waals surface area contributed by atoms with Gasteiger partial charge in [-0.3, -0.25) is 0 Å². The van der Waals surface area contributed by atoms with Crippen LogP contribution in [0.3, 0.4) is 0 Å². The van der Waals surface area contributed by atoms with Gasteiger partial charge in [0.1, 0.15) is 0 Å². The number of aliphatic hydroxyl groups excluding tert-OH is 1. The van der Waals surface area contributed by atoms with Gasteiger partial charge >= 0.3 is 0 Å². The number of rotatable bonds is 4. The van der Waals surface area contributed by atoms with E-state index in [1.54, 1.807) is 0 Å². The first-order valence-corrected chi connectivity index (χ1v) is 8.98. The molecule has 0 saturated heterocycles. The number of aliphatic hydroxyl groups is 1. The molecule has 1 N–H and O–H groups in total. The van der Waals surface area contributed by atoms with Crippen LogP contribution in [-0.4, -0.2) is 14.1 Å². The lowest BCUT2D eigenvalue weighted by Crippen LogP contribution is -2.26. The van der Waals surface area contributed by atoms with Crippen molar-refractivity contribution in [3.63, 3.8) is 0 Å². The van der Waals surface area contributed by atoms with E-state index in [-0.39, 0.29) is 18.1 Å². The van der Waals surface area contributed by atoms with Crippen LogP contribution >= 0.6 is 0 Å². The van der Waals surface area contributed by atoms with Gasteiger partial charge in [-0.15, -0.1) is 0 Å². The Balaban J connectivity index is 3.12. The summed E-state index contributed by atoms with van der Waals surface area (Å²) in [4.78, 5) is 0. The molecule has 1 unspecified atom stereocenters. The minimum Gasteiger partial charge on any atom is -0.413 e. The van der Waals surface area contributed by atoms with Gasteiger partial charge in [-0.25, -0.2) is 0 Å². The van der Waals surface area contributed by atoms with E-state index in [0.717, 1.165) is 11.1 Å². The van der Waals surface area contributed by atoms with Crippen molar-refractivity contribution in [1.82, 2.24) is 0 Å². The summed E-state index contributed by atoms with van der Waals surface area (Å²) < 4.78 is 6.17. The lowest BCUT2D eigenvalue weighted by atomic mass is 9.83. The van der Waals surface area contributed by atoms with Crippen LogP contribution < -0.4 is 0 Å². The number of hydrogen-bond acceptors (Lipinski definition) is 2. The fourth-order valence-electron chi connectivity index (χ4n) is 1.95. The maximum atomic E-state index is 9.42. The summed E-state index contributed by atoms with van der Waals surface area (Å²) in [6, 6.07) is 8.01. The van der Waals surface area contributed by atoms with Gasteiger partial charge in [0.25, 0.3) is 0 Å². The van der Waals surface area contributed by atoms with Crippen LogP contribution in [-0.2, 0) is 11.0 Å². The van der Waals surface area contributed by atoms with E-state index >= 15 is 0 Å². The molecule has 96 valence electrons. The van der Waals surface area contributed by atoms with Gasteiger partial charge in [0.2, 0.25) is 0 Å². The molecule has 0 heterocycles. The Hall–Kier alpha value is -0.643. The number of benzene rings is 1. The summed E-state index contributed by atoms with van der Waals surface area (Å²) in [6.45, 7) is 11.0. The normalized spacial score (nSPS) is 14.1. The van der Waals surface area contributed by atoms with Gasteiger partial charge < -0.3 is 9.53 Å². The molecule has 0 aliphatic carbocycles. The maximum Gasteiger partial charge on any atom is 0.171 e. The van der Waals surface area contributed by atoms with Gasteiger partial charge in [0.15, 0.2) is 9.04 Å². The van der Waals surface area contributed by atoms with Crippen LogP contribution in [0.15, 0.2) is 24.3 Å². The largest absolute Gasteiger partial charge is 0.413 e. The molecule has 1 aromatic rings. The predicted molar refractivity (Wildman–Crippen MR) is 74.5 cm³/mol. The van der Waals surface area contributed by atoms with E-state index in [9.17, 15) is 5.11 Å². The highest BCUT2D eigenvalue weighted by atomic mass is 28.3. The average Bonchev–Trinajstić information content (AvgIpc) is 2.24. The second-order valence-electron chi connectivity index (χ2n) is 5.79. The SMILES string of the molecule is C[SiH](C)OC(c1ccccc1CO)C(C)(C)C. The molecule has 0 aliphatic heterocycles. The summed E-state index contributed by atoms with van der Waals surface area (Å²) in [6.07, 6.45) is 0.0671. The summed E-state index contributed by atoms with van der Waals surface area (Å²) in [5.41, 5.74) is 2.15. The monoisotopic (exact) mass is 252 g/mol. The van der Waals surface area contributed by atoms with Crippen LogP contribution in [0.4, 0.5) is 0 Å². The highest BCUT2D eigenvalue weighted by molar-refractivity contribution is 6.48. The standard InChI is InChI=1S/C14H24O2Si/c1-14(2,3)13(16-17(4)5)12-9-7-6-8-11(12)10-15/h6-9,13,15,17H,10H2,1-5H3. The third-order valence-electron chi connectivity index (χ3n) is 2.70. The second-order valence-corrected chi connectivity index (χ2v) is 8.16. The smallest absolute Gasteiger partial charge is 0.171 e. The molecule has 0 spiro atoms. The van der Waals surface area contributed by atoms with E-state index in [1.807, 2.05) is 18.2 Å². The fourth-order valence-corrected chi connectivity index (χ4v) is 3.05. The zero-order valence-corrected chi connectivity index (χ0v) is 12.7. The molecule has 1 atom stereocenters. The molecule has 0 aromatic heterocycles. The quantitative estimate of drug-likeness (QED) is 0.833. The van der Waals surface area contributed by atoms with Gasteiger partial charge in [-0.2, -0.15) is 0 Å². The van der Waals surface area contributed by atoms with E-state index in [1.165, 1.54) is 0 Å². The zero-order chi connectivity index (χ0) is 13.1. The Bertz CT molecular complexity index is 355. The van der Waals surface area contributed by atoms with Crippen molar-refractivity contribution in [2.75, 3.05) is 0 Å². The van der Waals surface area contributed by atoms with Crippen LogP contribution in [0.2, 0.25) is 13.1 Å². The molecule has 0 saturated carbocycles. The van der Waals surface area contributed by atoms with Gasteiger partial charge in [-0.05, 0) is 29.6 Å². The molecule has 0 bridgehead atoms. The lowest BCUT2D eigenvalue weighted by Gasteiger charge is -2.34. The molecule has 0 radical (unpaired) electrons. The Labute approximate surface area is 106 Å². The maximum absolute atomic E-state index is 9.42. The van der Waals surface area contributed by atoms with Crippen LogP contribution in [0.1, 0.15) is 38.0 Å². The molecule has 0 amide bonds. The summed E-state index contributed by atoms with van der Waals surface area (Å²) >= 11 is 0. The van der Waals surface area contributed by atoms with Crippen molar-refractivity contribution in [1.29, 1.82) is 0 Å². The predicted octanol–water partition coefficient (Wildman–Crippen LogP) is 3.27. The Morgan fingerprint density at radius 1 is 1.24 bits per heavy atom. The van der Waals surface area contributed by atoms with Gasteiger partial charge in [0, 0.05) is 0 Å². The van der Waals surface area contributed by atoms with Gasteiger partial charge in [0.05, 0.1) is 12.7 Å². The van der Waals surface area contributed by atoms with E-state index in [2.05, 4.69) is 39.9 Å². The van der Waals surface area contributed by atoms with Crippen molar-refractivity contribution < 1.29 is 9.53 Å². The summed E-state index contributed by atoms with van der Waals surface area (Å²) in [7, 11) is -1.11. The topological polar surface area (TPSA) is 29.5 Å². The molecule has 1 rings (SSSR count). The van der Waals surface area contributed by atoms with Crippen molar-refractivity contribution in [3.8, 4) is 0 Å². The Kier molecular flexibility index (Phi) is 4.92. The lowest BCUT2D eigenvalue weighted by molar-refractivity contribution is 0.0844. The highest BCUT2D eigenvalue weighted by Gasteiger charge is 2.29. The number of hydrogen-bond donors (Lipinski definition) is 1. The van der Waals surface area contributed by atoms with Crippen molar-refractivity contribution in [2.45, 2.75) is 46.6 Å². The molecule has 0 fully saturated rings. The van der Waals surface area contributed by atoms with E-state index in [0.29, 0.717) is 0 Å². The first-order chi connectivity index (χ1) is 7.86. The third-order valence-corrected chi connectivity index (χ3v) is 3.52. The molecule has 17 heavy (non-hydrogen) atoms. The molecule has 3 heteroatoms. The third kappa shape index (κ3) is 3.94. The minimum atomic E-state index is -1.11. The molecular weight excluding hydrogens is 228 g/mol. The van der Waals surface area contributed by atoms with E-state index < -0.39 is 9.04 Å². The minimum absolute atomic E-state index is 0.0442. The van der Waals surface area contributed by atoms with Crippen molar-refractivity contribution in [2.24, 2.45) is 5.41 Å². The van der Waals surface area contributed by atoms with Crippen molar-refractivity contribution in [3.05, 3.63) is 35.4 Å². The molecule has 2 nitrogen and oxygen atoms in total. The Morgan fingerprint density at radius 2 is 1.82 bits per heavy atom. The fraction of sp³-hybridized carbons (Fsp3) is 0.571. The summed E-state index contributed by atoms with van der Waals surface area (Å²) in [5.74, 6) is 0. The first kappa shape index (κ1) is 14.4. The molecule has 0 aliphatic rings. The Morgan fingerprint density at radius 3 is 2.29 bits per heavy atom. The van der Waals surface area contributed by atoms with Crippen molar-refractivity contribution >= 4 is 9.04 Å². The average molecular weight is 252 g/mol. The zero-order valence-electron chi connectivity index (χ0n) is 11.5. The molecular formula is C14H24O2Si. The van der Waals surface area contributed by atoms with E-state index in [4.69, 9.17) is 4.43 Å². The van der Waals surface area contributed by atoms with Gasteiger partial charge in [-0.1, -0.05) is 45.0 Å². The second kappa shape index (κ2) is 5.80. The van der Waals surface area contributed by atoms with Crippen LogP contribution in [0.25, 0.3) is 0 Å². The molecule has 1 aromatic carbocycles. The first-order valence-electron chi connectivity index (χ1n) is 6.20. The van der Waals surface area contributed by atoms with Crippen LogP contribution in [0.5, 0.6) is 0 Å².